The Morgan fingerprint density at radius 3 is 2.62 bits per heavy atom. The van der Waals surface area contributed by atoms with Gasteiger partial charge in [-0.3, -0.25) is 0 Å². The Kier molecular flexibility index (Phi) is 3.29. The Balaban J connectivity index is 3.02. The summed E-state index contributed by atoms with van der Waals surface area (Å²) >= 11 is 0. The van der Waals surface area contributed by atoms with Crippen LogP contribution < -0.4 is 0 Å². The minimum atomic E-state index is 0.283. The topological polar surface area (TPSA) is 47.6 Å². The zero-order valence-electron chi connectivity index (χ0n) is 7.80. The molecule has 0 radical (unpaired) electrons. The Bertz CT molecular complexity index is 318. The van der Waals surface area contributed by atoms with E-state index in [1.54, 1.807) is 0 Å². The SMILES string of the molecule is CCC1=CC(=C(C#N)C#N)CCC1. The van der Waals surface area contributed by atoms with Gasteiger partial charge in [0.25, 0.3) is 0 Å². The van der Waals surface area contributed by atoms with Crippen LogP contribution in [-0.2, 0) is 0 Å². The van der Waals surface area contributed by atoms with Crippen molar-refractivity contribution < 1.29 is 0 Å². The Morgan fingerprint density at radius 2 is 2.08 bits per heavy atom. The fourth-order valence-corrected chi connectivity index (χ4v) is 1.54. The quantitative estimate of drug-likeness (QED) is 0.571. The number of allylic oxidation sites excluding steroid dienone is 4. The summed E-state index contributed by atoms with van der Waals surface area (Å²) in [4.78, 5) is 0. The number of nitriles is 2. The maximum atomic E-state index is 8.68. The molecule has 0 bridgehead atoms. The summed E-state index contributed by atoms with van der Waals surface area (Å²) < 4.78 is 0. The predicted octanol–water partition coefficient (Wildman–Crippen LogP) is 2.85. The minimum absolute atomic E-state index is 0.283. The van der Waals surface area contributed by atoms with Gasteiger partial charge in [0.15, 0.2) is 0 Å². The standard InChI is InChI=1S/C11H12N2/c1-2-9-4-3-5-10(6-9)11(7-12)8-13/h6H,2-5H2,1H3. The molecule has 0 aromatic rings. The third kappa shape index (κ3) is 2.20. The highest BCUT2D eigenvalue weighted by Crippen LogP contribution is 2.25. The first kappa shape index (κ1) is 9.55. The van der Waals surface area contributed by atoms with Gasteiger partial charge in [0, 0.05) is 0 Å². The zero-order chi connectivity index (χ0) is 9.68. The fraction of sp³-hybridized carbons (Fsp3) is 0.455. The second kappa shape index (κ2) is 4.48. The lowest BCUT2D eigenvalue weighted by atomic mass is 9.91. The largest absolute Gasteiger partial charge is 0.192 e. The molecule has 0 fully saturated rings. The Labute approximate surface area is 78.8 Å². The predicted molar refractivity (Wildman–Crippen MR) is 50.5 cm³/mol. The minimum Gasteiger partial charge on any atom is -0.192 e. The van der Waals surface area contributed by atoms with E-state index in [0.29, 0.717) is 0 Å². The molecule has 0 aliphatic heterocycles. The zero-order valence-corrected chi connectivity index (χ0v) is 7.80. The van der Waals surface area contributed by atoms with Crippen LogP contribution in [0.4, 0.5) is 0 Å². The number of nitrogens with zero attached hydrogens (tertiary/aromatic N) is 2. The van der Waals surface area contributed by atoms with Crippen LogP contribution in [0.3, 0.4) is 0 Å². The number of rotatable bonds is 1. The summed E-state index contributed by atoms with van der Waals surface area (Å²) in [7, 11) is 0. The van der Waals surface area contributed by atoms with Crippen molar-refractivity contribution in [1.29, 1.82) is 10.5 Å². The van der Waals surface area contributed by atoms with Crippen molar-refractivity contribution in [1.82, 2.24) is 0 Å². The van der Waals surface area contributed by atoms with Gasteiger partial charge >= 0.3 is 0 Å². The lowest BCUT2D eigenvalue weighted by Crippen LogP contribution is -1.96. The average molecular weight is 172 g/mol. The van der Waals surface area contributed by atoms with Crippen LogP contribution in [0.2, 0.25) is 0 Å². The first-order chi connectivity index (χ1) is 6.31. The second-order valence-corrected chi connectivity index (χ2v) is 3.13. The van der Waals surface area contributed by atoms with Crippen molar-refractivity contribution in [3.63, 3.8) is 0 Å². The molecule has 0 N–H and O–H groups in total. The van der Waals surface area contributed by atoms with E-state index in [2.05, 4.69) is 6.92 Å². The molecule has 1 aliphatic carbocycles. The molecule has 2 heteroatoms. The molecule has 0 amide bonds. The van der Waals surface area contributed by atoms with E-state index >= 15 is 0 Å². The van der Waals surface area contributed by atoms with Gasteiger partial charge in [0.1, 0.15) is 17.7 Å². The Morgan fingerprint density at radius 1 is 1.38 bits per heavy atom. The maximum Gasteiger partial charge on any atom is 0.132 e. The molecule has 0 heterocycles. The van der Waals surface area contributed by atoms with Gasteiger partial charge in [-0.1, -0.05) is 18.6 Å². The van der Waals surface area contributed by atoms with E-state index < -0.39 is 0 Å². The van der Waals surface area contributed by atoms with Crippen LogP contribution in [0, 0.1) is 22.7 Å². The highest BCUT2D eigenvalue weighted by Gasteiger charge is 2.10. The summed E-state index contributed by atoms with van der Waals surface area (Å²) in [5.41, 5.74) is 2.56. The molecule has 0 saturated carbocycles. The molecule has 0 saturated heterocycles. The molecule has 0 aromatic carbocycles. The van der Waals surface area contributed by atoms with E-state index in [1.165, 1.54) is 5.57 Å². The number of hydrogen-bond acceptors (Lipinski definition) is 2. The molecule has 1 aliphatic rings. The van der Waals surface area contributed by atoms with Crippen molar-refractivity contribution >= 4 is 0 Å². The summed E-state index contributed by atoms with van der Waals surface area (Å²) in [5.74, 6) is 0. The molecule has 0 unspecified atom stereocenters. The molecule has 66 valence electrons. The molecular weight excluding hydrogens is 160 g/mol. The van der Waals surface area contributed by atoms with E-state index in [1.807, 2.05) is 18.2 Å². The third-order valence-electron chi connectivity index (χ3n) is 2.32. The smallest absolute Gasteiger partial charge is 0.132 e. The number of hydrogen-bond donors (Lipinski definition) is 0. The monoisotopic (exact) mass is 172 g/mol. The normalized spacial score (nSPS) is 15.6. The summed E-state index contributed by atoms with van der Waals surface area (Å²) in [5, 5.41) is 17.4. The van der Waals surface area contributed by atoms with Gasteiger partial charge in [-0.05, 0) is 31.3 Å². The van der Waals surface area contributed by atoms with Crippen LogP contribution >= 0.6 is 0 Å². The first-order valence-electron chi connectivity index (χ1n) is 4.54. The van der Waals surface area contributed by atoms with Crippen LogP contribution in [0.1, 0.15) is 32.6 Å². The average Bonchev–Trinajstić information content (AvgIpc) is 2.20. The van der Waals surface area contributed by atoms with Gasteiger partial charge in [-0.15, -0.1) is 0 Å². The van der Waals surface area contributed by atoms with E-state index in [9.17, 15) is 0 Å². The molecular formula is C11H12N2. The highest BCUT2D eigenvalue weighted by molar-refractivity contribution is 5.46. The third-order valence-corrected chi connectivity index (χ3v) is 2.32. The van der Waals surface area contributed by atoms with Gasteiger partial charge < -0.3 is 0 Å². The van der Waals surface area contributed by atoms with Gasteiger partial charge in [0.2, 0.25) is 0 Å². The summed E-state index contributed by atoms with van der Waals surface area (Å²) in [6.45, 7) is 2.10. The lowest BCUT2D eigenvalue weighted by Gasteiger charge is -2.13. The van der Waals surface area contributed by atoms with E-state index in [4.69, 9.17) is 10.5 Å². The summed E-state index contributed by atoms with van der Waals surface area (Å²) in [6, 6.07) is 3.88. The highest BCUT2D eigenvalue weighted by atomic mass is 14.3. The molecule has 2 nitrogen and oxygen atoms in total. The first-order valence-corrected chi connectivity index (χ1v) is 4.54. The molecule has 0 atom stereocenters. The lowest BCUT2D eigenvalue weighted by molar-refractivity contribution is 0.756. The maximum absolute atomic E-state index is 8.68. The van der Waals surface area contributed by atoms with Crippen molar-refractivity contribution in [3.05, 3.63) is 22.8 Å². The van der Waals surface area contributed by atoms with Crippen molar-refractivity contribution in [3.8, 4) is 12.1 Å². The van der Waals surface area contributed by atoms with Crippen molar-refractivity contribution in [2.24, 2.45) is 0 Å². The molecule has 0 spiro atoms. The Hall–Kier alpha value is -1.54. The van der Waals surface area contributed by atoms with Crippen LogP contribution in [-0.4, -0.2) is 0 Å². The summed E-state index contributed by atoms with van der Waals surface area (Å²) in [6.07, 6.45) is 6.10. The van der Waals surface area contributed by atoms with Crippen molar-refractivity contribution in [2.45, 2.75) is 32.6 Å². The second-order valence-electron chi connectivity index (χ2n) is 3.13. The van der Waals surface area contributed by atoms with Crippen LogP contribution in [0.5, 0.6) is 0 Å². The van der Waals surface area contributed by atoms with Crippen LogP contribution in [0.25, 0.3) is 0 Å². The molecule has 0 aromatic heterocycles. The van der Waals surface area contributed by atoms with Gasteiger partial charge in [0.05, 0.1) is 0 Å². The van der Waals surface area contributed by atoms with Gasteiger partial charge in [-0.2, -0.15) is 10.5 Å². The van der Waals surface area contributed by atoms with Crippen molar-refractivity contribution in [2.75, 3.05) is 0 Å². The van der Waals surface area contributed by atoms with Gasteiger partial charge in [-0.25, -0.2) is 0 Å². The fourth-order valence-electron chi connectivity index (χ4n) is 1.54. The van der Waals surface area contributed by atoms with E-state index in [0.717, 1.165) is 31.3 Å². The van der Waals surface area contributed by atoms with E-state index in [-0.39, 0.29) is 5.57 Å². The molecule has 1 rings (SSSR count). The van der Waals surface area contributed by atoms with Crippen LogP contribution in [0.15, 0.2) is 22.8 Å². The molecule has 13 heavy (non-hydrogen) atoms.